The van der Waals surface area contributed by atoms with Crippen LogP contribution in [0.1, 0.15) is 33.8 Å². The average Bonchev–Trinajstić information content (AvgIpc) is 3.07. The molecule has 2 atom stereocenters. The Morgan fingerprint density at radius 2 is 1.92 bits per heavy atom. The third-order valence-corrected chi connectivity index (χ3v) is 5.38. The lowest BCUT2D eigenvalue weighted by atomic mass is 9.81. The molecule has 2 N–H and O–H groups in total. The molecule has 2 unspecified atom stereocenters. The quantitative estimate of drug-likeness (QED) is 0.869. The van der Waals surface area contributed by atoms with Crippen LogP contribution in [0.4, 0.5) is 0 Å². The standard InChI is InChI=1S/C21H24N2O3/c1-25-17-5-2-14(3-6-17)19-8-9-22-11-16(19)13-26-18-7-4-15-12-23-21(24)20(15)10-18/h2-7,10,16,19,22H,8-9,11-13H2,1H3,(H,23,24). The number of ether oxygens (including phenoxy) is 2. The second kappa shape index (κ2) is 7.38. The zero-order valence-corrected chi connectivity index (χ0v) is 15.0. The van der Waals surface area contributed by atoms with E-state index in [1.54, 1.807) is 7.11 Å². The summed E-state index contributed by atoms with van der Waals surface area (Å²) in [5, 5.41) is 6.31. The van der Waals surface area contributed by atoms with Gasteiger partial charge in [0.05, 0.1) is 13.7 Å². The van der Waals surface area contributed by atoms with Crippen LogP contribution in [0.5, 0.6) is 11.5 Å². The number of hydrogen-bond acceptors (Lipinski definition) is 4. The van der Waals surface area contributed by atoms with Crippen LogP contribution < -0.4 is 20.1 Å². The van der Waals surface area contributed by atoms with Gasteiger partial charge in [0.2, 0.25) is 0 Å². The average molecular weight is 352 g/mol. The Kier molecular flexibility index (Phi) is 4.80. The molecule has 26 heavy (non-hydrogen) atoms. The molecule has 1 amide bonds. The smallest absolute Gasteiger partial charge is 0.252 e. The highest BCUT2D eigenvalue weighted by molar-refractivity contribution is 5.98. The van der Waals surface area contributed by atoms with Crippen molar-refractivity contribution in [3.8, 4) is 11.5 Å². The Labute approximate surface area is 153 Å². The topological polar surface area (TPSA) is 59.6 Å². The van der Waals surface area contributed by atoms with E-state index < -0.39 is 0 Å². The summed E-state index contributed by atoms with van der Waals surface area (Å²) in [5.74, 6) is 2.48. The van der Waals surface area contributed by atoms with Crippen molar-refractivity contribution in [3.63, 3.8) is 0 Å². The molecular weight excluding hydrogens is 328 g/mol. The third kappa shape index (κ3) is 3.40. The van der Waals surface area contributed by atoms with Crippen molar-refractivity contribution in [2.45, 2.75) is 18.9 Å². The molecule has 5 heteroatoms. The SMILES string of the molecule is COc1ccc(C2CCNCC2COc2ccc3c(c2)C(=O)NC3)cc1. The van der Waals surface area contributed by atoms with Gasteiger partial charge in [-0.05, 0) is 54.3 Å². The Bertz CT molecular complexity index is 788. The number of hydrogen-bond donors (Lipinski definition) is 2. The van der Waals surface area contributed by atoms with E-state index in [0.29, 0.717) is 25.0 Å². The summed E-state index contributed by atoms with van der Waals surface area (Å²) in [6.45, 7) is 3.19. The molecule has 1 saturated heterocycles. The number of carbonyl (C=O) groups excluding carboxylic acids is 1. The minimum Gasteiger partial charge on any atom is -0.497 e. The maximum atomic E-state index is 11.8. The first-order valence-corrected chi connectivity index (χ1v) is 9.13. The fourth-order valence-electron chi connectivity index (χ4n) is 3.87. The third-order valence-electron chi connectivity index (χ3n) is 5.38. The summed E-state index contributed by atoms with van der Waals surface area (Å²) in [5.41, 5.74) is 3.10. The maximum absolute atomic E-state index is 11.8. The van der Waals surface area contributed by atoms with E-state index in [1.807, 2.05) is 30.3 Å². The first-order chi connectivity index (χ1) is 12.7. The van der Waals surface area contributed by atoms with Crippen LogP contribution in [-0.4, -0.2) is 32.7 Å². The molecule has 4 rings (SSSR count). The van der Waals surface area contributed by atoms with Crippen LogP contribution in [0.25, 0.3) is 0 Å². The van der Waals surface area contributed by atoms with Crippen molar-refractivity contribution >= 4 is 5.91 Å². The normalized spacial score (nSPS) is 21.8. The molecule has 5 nitrogen and oxygen atoms in total. The lowest BCUT2D eigenvalue weighted by Gasteiger charge is -2.32. The second-order valence-corrected chi connectivity index (χ2v) is 6.95. The Balaban J connectivity index is 1.45. The minimum atomic E-state index is -0.0131. The van der Waals surface area contributed by atoms with Crippen LogP contribution in [0.2, 0.25) is 0 Å². The van der Waals surface area contributed by atoms with Gasteiger partial charge < -0.3 is 20.1 Å². The van der Waals surface area contributed by atoms with E-state index in [9.17, 15) is 4.79 Å². The fourth-order valence-corrected chi connectivity index (χ4v) is 3.87. The molecule has 0 radical (unpaired) electrons. The predicted molar refractivity (Wildman–Crippen MR) is 99.8 cm³/mol. The molecule has 2 aromatic rings. The van der Waals surface area contributed by atoms with Crippen molar-refractivity contribution in [2.75, 3.05) is 26.8 Å². The van der Waals surface area contributed by atoms with E-state index in [-0.39, 0.29) is 5.91 Å². The van der Waals surface area contributed by atoms with Gasteiger partial charge in [0.15, 0.2) is 0 Å². The molecule has 1 fully saturated rings. The largest absolute Gasteiger partial charge is 0.497 e. The molecule has 136 valence electrons. The van der Waals surface area contributed by atoms with Gasteiger partial charge in [-0.1, -0.05) is 18.2 Å². The van der Waals surface area contributed by atoms with Crippen LogP contribution in [0.15, 0.2) is 42.5 Å². The number of benzene rings is 2. The predicted octanol–water partition coefficient (Wildman–Crippen LogP) is 2.71. The molecule has 2 aliphatic rings. The Morgan fingerprint density at radius 3 is 2.73 bits per heavy atom. The molecule has 0 saturated carbocycles. The number of methoxy groups -OCH3 is 1. The van der Waals surface area contributed by atoms with Crippen LogP contribution in [0.3, 0.4) is 0 Å². The van der Waals surface area contributed by atoms with Crippen molar-refractivity contribution < 1.29 is 14.3 Å². The van der Waals surface area contributed by atoms with Gasteiger partial charge in [0, 0.05) is 24.6 Å². The van der Waals surface area contributed by atoms with E-state index in [1.165, 1.54) is 5.56 Å². The van der Waals surface area contributed by atoms with E-state index >= 15 is 0 Å². The summed E-state index contributed by atoms with van der Waals surface area (Å²) in [7, 11) is 1.69. The van der Waals surface area contributed by atoms with Crippen molar-refractivity contribution in [1.82, 2.24) is 10.6 Å². The van der Waals surface area contributed by atoms with Crippen LogP contribution >= 0.6 is 0 Å². The molecule has 0 spiro atoms. The highest BCUT2D eigenvalue weighted by atomic mass is 16.5. The number of rotatable bonds is 5. The number of piperidine rings is 1. The van der Waals surface area contributed by atoms with E-state index in [4.69, 9.17) is 9.47 Å². The van der Waals surface area contributed by atoms with Gasteiger partial charge in [-0.3, -0.25) is 4.79 Å². The van der Waals surface area contributed by atoms with Gasteiger partial charge in [-0.25, -0.2) is 0 Å². The van der Waals surface area contributed by atoms with Crippen LogP contribution in [0, 0.1) is 5.92 Å². The van der Waals surface area contributed by atoms with Crippen molar-refractivity contribution in [1.29, 1.82) is 0 Å². The first-order valence-electron chi connectivity index (χ1n) is 9.13. The van der Waals surface area contributed by atoms with Gasteiger partial charge >= 0.3 is 0 Å². The molecule has 0 bridgehead atoms. The van der Waals surface area contributed by atoms with Crippen molar-refractivity contribution in [2.24, 2.45) is 5.92 Å². The summed E-state index contributed by atoms with van der Waals surface area (Å²) < 4.78 is 11.3. The minimum absolute atomic E-state index is 0.0131. The van der Waals surface area contributed by atoms with Crippen LogP contribution in [-0.2, 0) is 6.54 Å². The summed E-state index contributed by atoms with van der Waals surface area (Å²) in [6.07, 6.45) is 1.09. The molecule has 2 heterocycles. The van der Waals surface area contributed by atoms with E-state index in [0.717, 1.165) is 42.1 Å². The molecule has 2 aliphatic heterocycles. The van der Waals surface area contributed by atoms with Gasteiger partial charge in [-0.2, -0.15) is 0 Å². The summed E-state index contributed by atoms with van der Waals surface area (Å²) in [4.78, 5) is 11.8. The highest BCUT2D eigenvalue weighted by Gasteiger charge is 2.27. The van der Waals surface area contributed by atoms with Gasteiger partial charge in [-0.15, -0.1) is 0 Å². The lowest BCUT2D eigenvalue weighted by Crippen LogP contribution is -2.38. The number of fused-ring (bicyclic) bond motifs is 1. The summed E-state index contributed by atoms with van der Waals surface area (Å²) >= 11 is 0. The number of carbonyl (C=O) groups is 1. The molecule has 0 aliphatic carbocycles. The van der Waals surface area contributed by atoms with Crippen molar-refractivity contribution in [3.05, 3.63) is 59.2 Å². The molecule has 2 aromatic carbocycles. The Morgan fingerprint density at radius 1 is 1.12 bits per heavy atom. The highest BCUT2D eigenvalue weighted by Crippen LogP contribution is 2.32. The number of amides is 1. The van der Waals surface area contributed by atoms with Gasteiger partial charge in [0.1, 0.15) is 11.5 Å². The zero-order chi connectivity index (χ0) is 17.9. The maximum Gasteiger partial charge on any atom is 0.252 e. The monoisotopic (exact) mass is 352 g/mol. The zero-order valence-electron chi connectivity index (χ0n) is 15.0. The Hall–Kier alpha value is -2.53. The number of nitrogens with one attached hydrogen (secondary N) is 2. The second-order valence-electron chi connectivity index (χ2n) is 6.95. The van der Waals surface area contributed by atoms with Gasteiger partial charge in [0.25, 0.3) is 5.91 Å². The first kappa shape index (κ1) is 16.9. The molecule has 0 aromatic heterocycles. The summed E-state index contributed by atoms with van der Waals surface area (Å²) in [6, 6.07) is 14.1. The lowest BCUT2D eigenvalue weighted by molar-refractivity contribution is 0.0965. The fraction of sp³-hybridized carbons (Fsp3) is 0.381. The molecular formula is C21H24N2O3. The van der Waals surface area contributed by atoms with E-state index in [2.05, 4.69) is 22.8 Å².